The van der Waals surface area contributed by atoms with Crippen molar-refractivity contribution in [1.29, 1.82) is 5.26 Å². The van der Waals surface area contributed by atoms with Gasteiger partial charge in [-0.3, -0.25) is 4.79 Å². The van der Waals surface area contributed by atoms with Crippen molar-refractivity contribution in [3.05, 3.63) is 70.2 Å². The fourth-order valence-electron chi connectivity index (χ4n) is 2.46. The van der Waals surface area contributed by atoms with E-state index in [1.165, 1.54) is 36.4 Å². The Labute approximate surface area is 136 Å². The molecule has 2 rings (SSSR count). The van der Waals surface area contributed by atoms with Gasteiger partial charge in [-0.15, -0.1) is 0 Å². The third-order valence-electron chi connectivity index (χ3n) is 3.52. The number of benzene rings is 2. The number of carbonyl (C=O) groups is 1. The van der Waals surface area contributed by atoms with Crippen molar-refractivity contribution < 1.29 is 18.7 Å². The van der Waals surface area contributed by atoms with Gasteiger partial charge in [-0.25, -0.2) is 8.78 Å². The second-order valence-corrected chi connectivity index (χ2v) is 5.46. The molecular formula is C17H12ClF2NO2. The molecule has 0 saturated heterocycles. The maximum Gasteiger partial charge on any atom is 0.304 e. The summed E-state index contributed by atoms with van der Waals surface area (Å²) in [7, 11) is 0. The van der Waals surface area contributed by atoms with E-state index in [9.17, 15) is 18.8 Å². The normalized spacial score (nSPS) is 13.1. The van der Waals surface area contributed by atoms with Crippen LogP contribution in [0.1, 0.15) is 29.4 Å². The summed E-state index contributed by atoms with van der Waals surface area (Å²) in [5.41, 5.74) is 0.468. The minimum Gasteiger partial charge on any atom is -0.481 e. The van der Waals surface area contributed by atoms with Crippen LogP contribution in [0.15, 0.2) is 42.5 Å². The lowest BCUT2D eigenvalue weighted by Gasteiger charge is -2.22. The predicted octanol–water partition coefficient (Wildman–Crippen LogP) is 4.48. The maximum absolute atomic E-state index is 14.1. The number of hydrogen-bond acceptors (Lipinski definition) is 2. The van der Waals surface area contributed by atoms with Gasteiger partial charge in [0.05, 0.1) is 18.4 Å². The van der Waals surface area contributed by atoms with E-state index in [0.717, 1.165) is 6.07 Å². The Morgan fingerprint density at radius 3 is 2.43 bits per heavy atom. The number of nitrogens with zero attached hydrogens (tertiary/aromatic N) is 1. The third-order valence-corrected chi connectivity index (χ3v) is 3.76. The van der Waals surface area contributed by atoms with Crippen molar-refractivity contribution in [3.8, 4) is 6.07 Å². The van der Waals surface area contributed by atoms with Gasteiger partial charge in [0.2, 0.25) is 0 Å². The van der Waals surface area contributed by atoms with Crippen LogP contribution in [0.2, 0.25) is 5.02 Å². The van der Waals surface area contributed by atoms with Crippen molar-refractivity contribution >= 4 is 17.6 Å². The molecule has 0 amide bonds. The first-order valence-corrected chi connectivity index (χ1v) is 7.12. The molecule has 0 aromatic heterocycles. The summed E-state index contributed by atoms with van der Waals surface area (Å²) in [6.45, 7) is 0. The van der Waals surface area contributed by atoms with Gasteiger partial charge < -0.3 is 5.11 Å². The molecule has 0 radical (unpaired) electrons. The molecule has 2 aromatic rings. The van der Waals surface area contributed by atoms with Gasteiger partial charge in [0.1, 0.15) is 11.6 Å². The molecule has 0 bridgehead atoms. The van der Waals surface area contributed by atoms with E-state index in [-0.39, 0.29) is 10.6 Å². The topological polar surface area (TPSA) is 61.1 Å². The lowest BCUT2D eigenvalue weighted by Crippen LogP contribution is -2.16. The van der Waals surface area contributed by atoms with Gasteiger partial charge in [0.15, 0.2) is 0 Å². The highest BCUT2D eigenvalue weighted by Crippen LogP contribution is 2.37. The molecular weight excluding hydrogens is 324 g/mol. The van der Waals surface area contributed by atoms with Gasteiger partial charge >= 0.3 is 5.97 Å². The number of carboxylic acids is 1. The Bertz CT molecular complexity index is 756. The molecule has 6 heteroatoms. The average Bonchev–Trinajstić information content (AvgIpc) is 2.51. The predicted molar refractivity (Wildman–Crippen MR) is 81.2 cm³/mol. The van der Waals surface area contributed by atoms with E-state index in [4.69, 9.17) is 16.7 Å². The first-order valence-electron chi connectivity index (χ1n) is 6.74. The molecule has 1 N–H and O–H groups in total. The van der Waals surface area contributed by atoms with Crippen LogP contribution >= 0.6 is 11.6 Å². The van der Waals surface area contributed by atoms with Gasteiger partial charge in [-0.05, 0) is 41.5 Å². The van der Waals surface area contributed by atoms with Crippen LogP contribution < -0.4 is 0 Å². The highest BCUT2D eigenvalue weighted by Gasteiger charge is 2.29. The molecule has 0 spiro atoms. The van der Waals surface area contributed by atoms with E-state index in [1.807, 2.05) is 6.07 Å². The number of nitriles is 1. The van der Waals surface area contributed by atoms with Crippen molar-refractivity contribution in [1.82, 2.24) is 0 Å². The molecule has 2 aromatic carbocycles. The summed E-state index contributed by atoms with van der Waals surface area (Å²) in [6.07, 6.45) is -0.452. The minimum absolute atomic E-state index is 0.0516. The van der Waals surface area contributed by atoms with Gasteiger partial charge in [0.25, 0.3) is 0 Å². The Morgan fingerprint density at radius 2 is 1.87 bits per heavy atom. The first kappa shape index (κ1) is 16.9. The molecule has 3 nitrogen and oxygen atoms in total. The van der Waals surface area contributed by atoms with Crippen LogP contribution in [0.5, 0.6) is 0 Å². The molecule has 118 valence electrons. The number of rotatable bonds is 5. The van der Waals surface area contributed by atoms with E-state index in [2.05, 4.69) is 0 Å². The fraction of sp³-hybridized carbons (Fsp3) is 0.176. The number of carboxylic acid groups (broad SMARTS) is 1. The van der Waals surface area contributed by atoms with Gasteiger partial charge in [0, 0.05) is 10.9 Å². The fourth-order valence-corrected chi connectivity index (χ4v) is 2.64. The van der Waals surface area contributed by atoms with Gasteiger partial charge in [-0.2, -0.15) is 5.26 Å². The zero-order chi connectivity index (χ0) is 17.0. The largest absolute Gasteiger partial charge is 0.481 e. The lowest BCUT2D eigenvalue weighted by atomic mass is 9.80. The first-order chi connectivity index (χ1) is 10.9. The number of halogens is 3. The van der Waals surface area contributed by atoms with Crippen LogP contribution in [0.4, 0.5) is 8.78 Å². The second-order valence-electron chi connectivity index (χ2n) is 5.03. The van der Waals surface area contributed by atoms with Crippen LogP contribution in [0.3, 0.4) is 0 Å². The van der Waals surface area contributed by atoms with Crippen LogP contribution in [0, 0.1) is 23.0 Å². The Morgan fingerprint density at radius 1 is 1.22 bits per heavy atom. The second kappa shape index (κ2) is 7.21. The number of aliphatic carboxylic acids is 1. The zero-order valence-electron chi connectivity index (χ0n) is 11.8. The molecule has 23 heavy (non-hydrogen) atoms. The van der Waals surface area contributed by atoms with E-state index < -0.39 is 35.9 Å². The number of hydrogen-bond donors (Lipinski definition) is 1. The van der Waals surface area contributed by atoms with Crippen molar-refractivity contribution in [3.63, 3.8) is 0 Å². The molecule has 2 unspecified atom stereocenters. The van der Waals surface area contributed by atoms with Crippen molar-refractivity contribution in [2.45, 2.75) is 18.3 Å². The molecule has 0 saturated carbocycles. The lowest BCUT2D eigenvalue weighted by molar-refractivity contribution is -0.137. The van der Waals surface area contributed by atoms with E-state index in [0.29, 0.717) is 5.56 Å². The summed E-state index contributed by atoms with van der Waals surface area (Å²) in [5, 5.41) is 18.8. The van der Waals surface area contributed by atoms with Crippen LogP contribution in [-0.4, -0.2) is 11.1 Å². The summed E-state index contributed by atoms with van der Waals surface area (Å²) in [4.78, 5) is 11.2. The Kier molecular flexibility index (Phi) is 5.30. The van der Waals surface area contributed by atoms with Crippen LogP contribution in [0.25, 0.3) is 0 Å². The zero-order valence-corrected chi connectivity index (χ0v) is 12.6. The quantitative estimate of drug-likeness (QED) is 0.876. The monoisotopic (exact) mass is 335 g/mol. The van der Waals surface area contributed by atoms with E-state index in [1.54, 1.807) is 0 Å². The smallest absolute Gasteiger partial charge is 0.304 e. The average molecular weight is 336 g/mol. The Hall–Kier alpha value is -2.45. The molecule has 0 heterocycles. The van der Waals surface area contributed by atoms with Gasteiger partial charge in [-0.1, -0.05) is 23.7 Å². The van der Waals surface area contributed by atoms with Crippen molar-refractivity contribution in [2.75, 3.05) is 0 Å². The highest BCUT2D eigenvalue weighted by atomic mass is 35.5. The highest BCUT2D eigenvalue weighted by molar-refractivity contribution is 6.30. The molecule has 0 fully saturated rings. The summed E-state index contributed by atoms with van der Waals surface area (Å²) in [5.74, 6) is -4.17. The standard InChI is InChI=1S/C17H12ClF2NO2/c18-11-3-6-16(20)14(7-11)13(8-17(22)23)15(9-21)10-1-4-12(19)5-2-10/h1-7,13,15H,8H2,(H,22,23). The van der Waals surface area contributed by atoms with Crippen molar-refractivity contribution in [2.24, 2.45) is 0 Å². The maximum atomic E-state index is 14.1. The molecule has 0 aliphatic heterocycles. The van der Waals surface area contributed by atoms with Crippen LogP contribution in [-0.2, 0) is 4.79 Å². The SMILES string of the molecule is N#CC(c1ccc(F)cc1)C(CC(=O)O)c1cc(Cl)ccc1F. The summed E-state index contributed by atoms with van der Waals surface area (Å²) >= 11 is 5.87. The molecule has 2 atom stereocenters. The molecule has 0 aliphatic carbocycles. The summed E-state index contributed by atoms with van der Waals surface area (Å²) < 4.78 is 27.2. The van der Waals surface area contributed by atoms with E-state index >= 15 is 0 Å². The minimum atomic E-state index is -1.17. The summed E-state index contributed by atoms with van der Waals surface area (Å²) in [6, 6.07) is 10.9. The molecule has 0 aliphatic rings. The third kappa shape index (κ3) is 4.05. The Balaban J connectivity index is 2.52.